The van der Waals surface area contributed by atoms with E-state index in [-0.39, 0.29) is 5.97 Å². The number of esters is 1. The summed E-state index contributed by atoms with van der Waals surface area (Å²) in [5.74, 6) is 2.55. The molecule has 2 aliphatic rings. The summed E-state index contributed by atoms with van der Waals surface area (Å²) in [7, 11) is 1.43. The summed E-state index contributed by atoms with van der Waals surface area (Å²) in [4.78, 5) is 11.5. The number of phenols is 1. The second kappa shape index (κ2) is 6.54. The predicted molar refractivity (Wildman–Crippen MR) is 90.7 cm³/mol. The zero-order valence-corrected chi connectivity index (χ0v) is 14.5. The van der Waals surface area contributed by atoms with Crippen molar-refractivity contribution in [3.63, 3.8) is 0 Å². The van der Waals surface area contributed by atoms with E-state index in [1.807, 2.05) is 0 Å². The van der Waals surface area contributed by atoms with Gasteiger partial charge in [0.05, 0.1) is 7.11 Å². The van der Waals surface area contributed by atoms with Crippen LogP contribution in [-0.2, 0) is 16.0 Å². The van der Waals surface area contributed by atoms with E-state index < -0.39 is 0 Å². The van der Waals surface area contributed by atoms with Crippen LogP contribution in [0.5, 0.6) is 5.75 Å². The average molecular weight is 316 g/mol. The average Bonchev–Trinajstić information content (AvgIpc) is 3.42. The first-order valence-corrected chi connectivity index (χ1v) is 8.93. The van der Waals surface area contributed by atoms with Crippen molar-refractivity contribution in [3.8, 4) is 5.75 Å². The quantitative estimate of drug-likeness (QED) is 0.752. The molecule has 1 N–H and O–H groups in total. The van der Waals surface area contributed by atoms with Gasteiger partial charge in [-0.3, -0.25) is 4.79 Å². The van der Waals surface area contributed by atoms with Crippen molar-refractivity contribution >= 4 is 5.97 Å². The number of aromatic hydroxyl groups is 1. The number of carbonyl (C=O) groups is 1. The molecule has 3 nitrogen and oxygen atoms in total. The minimum absolute atomic E-state index is 0.174. The van der Waals surface area contributed by atoms with E-state index >= 15 is 0 Å². The Morgan fingerprint density at radius 3 is 2.00 bits per heavy atom. The molecule has 1 aromatic rings. The normalized spacial score (nSPS) is 20.1. The van der Waals surface area contributed by atoms with E-state index in [2.05, 4.69) is 26.0 Å². The highest BCUT2D eigenvalue weighted by molar-refractivity contribution is 5.69. The van der Waals surface area contributed by atoms with Crippen LogP contribution in [0.25, 0.3) is 0 Å². The molecule has 0 saturated heterocycles. The Labute approximate surface area is 139 Å². The third kappa shape index (κ3) is 3.70. The molecule has 0 unspecified atom stereocenters. The lowest BCUT2D eigenvalue weighted by Gasteiger charge is -2.21. The van der Waals surface area contributed by atoms with Gasteiger partial charge in [-0.25, -0.2) is 0 Å². The van der Waals surface area contributed by atoms with Crippen LogP contribution >= 0.6 is 0 Å². The van der Waals surface area contributed by atoms with E-state index in [1.54, 1.807) is 0 Å². The highest BCUT2D eigenvalue weighted by atomic mass is 16.5. The summed E-state index contributed by atoms with van der Waals surface area (Å²) < 4.78 is 4.76. The van der Waals surface area contributed by atoms with Crippen LogP contribution in [0.1, 0.15) is 74.5 Å². The summed E-state index contributed by atoms with van der Waals surface area (Å²) in [5.41, 5.74) is 3.31. The van der Waals surface area contributed by atoms with Crippen LogP contribution in [0.2, 0.25) is 0 Å². The van der Waals surface area contributed by atoms with Gasteiger partial charge in [-0.1, -0.05) is 26.0 Å². The molecule has 126 valence electrons. The lowest BCUT2D eigenvalue weighted by atomic mass is 9.86. The number of phenolic OH excluding ortho intramolecular Hbond substituents is 1. The van der Waals surface area contributed by atoms with Gasteiger partial charge in [-0.15, -0.1) is 0 Å². The van der Waals surface area contributed by atoms with Crippen LogP contribution < -0.4 is 0 Å². The molecule has 2 fully saturated rings. The minimum atomic E-state index is -0.174. The third-order valence-electron chi connectivity index (χ3n) is 5.71. The Bertz CT molecular complexity index is 546. The van der Waals surface area contributed by atoms with Gasteiger partial charge in [0.15, 0.2) is 0 Å². The molecule has 3 heteroatoms. The van der Waals surface area contributed by atoms with Gasteiger partial charge in [0.1, 0.15) is 5.75 Å². The van der Waals surface area contributed by atoms with Crippen LogP contribution in [0.3, 0.4) is 0 Å². The van der Waals surface area contributed by atoms with Crippen LogP contribution in [0, 0.1) is 11.8 Å². The highest BCUT2D eigenvalue weighted by Crippen LogP contribution is 2.50. The minimum Gasteiger partial charge on any atom is -0.507 e. The Balaban J connectivity index is 1.89. The summed E-state index contributed by atoms with van der Waals surface area (Å²) in [6, 6.07) is 4.23. The topological polar surface area (TPSA) is 46.5 Å². The maximum Gasteiger partial charge on any atom is 0.305 e. The number of carbonyl (C=O) groups excluding carboxylic acids is 1. The number of hydrogen-bond acceptors (Lipinski definition) is 3. The second-order valence-corrected chi connectivity index (χ2v) is 7.45. The molecule has 23 heavy (non-hydrogen) atoms. The van der Waals surface area contributed by atoms with Crippen molar-refractivity contribution in [2.75, 3.05) is 7.11 Å². The molecule has 0 amide bonds. The van der Waals surface area contributed by atoms with Crippen LogP contribution in [0.4, 0.5) is 0 Å². The molecule has 0 aliphatic heterocycles. The Kier molecular flexibility index (Phi) is 4.65. The summed E-state index contributed by atoms with van der Waals surface area (Å²) in [6.45, 7) is 4.45. The first-order chi connectivity index (χ1) is 11.0. The molecule has 0 heterocycles. The van der Waals surface area contributed by atoms with Crippen molar-refractivity contribution in [2.45, 2.75) is 64.2 Å². The second-order valence-electron chi connectivity index (χ2n) is 7.45. The Hall–Kier alpha value is -1.51. The number of aryl methyl sites for hydroxylation is 1. The molecule has 1 aromatic carbocycles. The van der Waals surface area contributed by atoms with Crippen molar-refractivity contribution in [3.05, 3.63) is 28.8 Å². The lowest BCUT2D eigenvalue weighted by Crippen LogP contribution is -2.06. The van der Waals surface area contributed by atoms with Gasteiger partial charge in [-0.2, -0.15) is 0 Å². The molecule has 0 spiro atoms. The summed E-state index contributed by atoms with van der Waals surface area (Å²) >= 11 is 0. The van der Waals surface area contributed by atoms with Gasteiger partial charge >= 0.3 is 5.97 Å². The molecular weight excluding hydrogens is 288 g/mol. The molecule has 0 bridgehead atoms. The molecule has 2 aliphatic carbocycles. The molecule has 2 saturated carbocycles. The highest BCUT2D eigenvalue weighted by Gasteiger charge is 2.34. The maximum absolute atomic E-state index is 11.5. The van der Waals surface area contributed by atoms with Gasteiger partial charge in [0, 0.05) is 6.42 Å². The lowest BCUT2D eigenvalue weighted by molar-refractivity contribution is -0.140. The van der Waals surface area contributed by atoms with E-state index in [0.717, 1.165) is 16.7 Å². The first kappa shape index (κ1) is 16.4. The smallest absolute Gasteiger partial charge is 0.305 e. The van der Waals surface area contributed by atoms with Crippen molar-refractivity contribution < 1.29 is 14.6 Å². The van der Waals surface area contributed by atoms with E-state index in [1.165, 1.54) is 32.8 Å². The Morgan fingerprint density at radius 1 is 1.13 bits per heavy atom. The van der Waals surface area contributed by atoms with Crippen molar-refractivity contribution in [1.29, 1.82) is 0 Å². The Morgan fingerprint density at radius 2 is 1.61 bits per heavy atom. The predicted octanol–water partition coefficient (Wildman–Crippen LogP) is 4.52. The fraction of sp³-hybridized carbons (Fsp3) is 0.650. The number of methoxy groups -OCH3 is 1. The van der Waals surface area contributed by atoms with Crippen LogP contribution in [0.15, 0.2) is 12.1 Å². The van der Waals surface area contributed by atoms with Crippen molar-refractivity contribution in [1.82, 2.24) is 0 Å². The van der Waals surface area contributed by atoms with Gasteiger partial charge in [0.25, 0.3) is 0 Å². The molecule has 2 atom stereocenters. The fourth-order valence-corrected chi connectivity index (χ4v) is 3.63. The van der Waals surface area contributed by atoms with Crippen molar-refractivity contribution in [2.24, 2.45) is 11.8 Å². The van der Waals surface area contributed by atoms with Gasteiger partial charge in [0.2, 0.25) is 0 Å². The SMILES string of the molecule is COC(=O)CCc1cc([C@H](C)C2CC2)c(O)c([C@H](C)C2CC2)c1. The van der Waals surface area contributed by atoms with E-state index in [0.29, 0.717) is 42.3 Å². The number of hydrogen-bond donors (Lipinski definition) is 1. The van der Waals surface area contributed by atoms with Crippen LogP contribution in [-0.4, -0.2) is 18.2 Å². The fourth-order valence-electron chi connectivity index (χ4n) is 3.63. The third-order valence-corrected chi connectivity index (χ3v) is 5.71. The van der Waals surface area contributed by atoms with E-state index in [4.69, 9.17) is 4.74 Å². The number of rotatable bonds is 7. The maximum atomic E-state index is 11.5. The first-order valence-electron chi connectivity index (χ1n) is 8.93. The van der Waals surface area contributed by atoms with Gasteiger partial charge in [-0.05, 0) is 72.5 Å². The molecule has 0 aromatic heterocycles. The van der Waals surface area contributed by atoms with E-state index in [9.17, 15) is 9.90 Å². The number of benzene rings is 1. The largest absolute Gasteiger partial charge is 0.507 e. The van der Waals surface area contributed by atoms with Gasteiger partial charge < -0.3 is 9.84 Å². The molecular formula is C20H28O3. The monoisotopic (exact) mass is 316 g/mol. The zero-order chi connectivity index (χ0) is 16.6. The molecule has 0 radical (unpaired) electrons. The summed E-state index contributed by atoms with van der Waals surface area (Å²) in [5, 5.41) is 10.8. The summed E-state index contributed by atoms with van der Waals surface area (Å²) in [6.07, 6.45) is 6.14. The standard InChI is InChI=1S/C20H28O3/c1-12(15-5-6-15)17-10-14(4-9-19(21)23-3)11-18(20(17)22)13(2)16-7-8-16/h10-13,15-16,22H,4-9H2,1-3H3/t12-,13-/m1/s1. The molecule has 3 rings (SSSR count). The number of ether oxygens (including phenoxy) is 1. The zero-order valence-electron chi connectivity index (χ0n) is 14.5.